The van der Waals surface area contributed by atoms with Gasteiger partial charge in [-0.05, 0) is 43.5 Å². The van der Waals surface area contributed by atoms with Gasteiger partial charge in [0.05, 0.1) is 4.90 Å². The summed E-state index contributed by atoms with van der Waals surface area (Å²) in [4.78, 5) is 0.264. The number of rotatable bonds is 11. The van der Waals surface area contributed by atoms with Crippen LogP contribution in [0.25, 0.3) is 0 Å². The van der Waals surface area contributed by atoms with Gasteiger partial charge in [-0.15, -0.1) is 0 Å². The Bertz CT molecular complexity index is 489. The molecule has 0 aromatic heterocycles. The van der Waals surface area contributed by atoms with Crippen molar-refractivity contribution in [3.63, 3.8) is 0 Å². The lowest BCUT2D eigenvalue weighted by Crippen LogP contribution is -2.26. The number of nitrogens with one attached hydrogen (secondary N) is 2. The normalized spacial score (nSPS) is 11.5. The van der Waals surface area contributed by atoms with Gasteiger partial charge in [0.2, 0.25) is 10.0 Å². The summed E-state index contributed by atoms with van der Waals surface area (Å²) in [6.45, 7) is 4.87. The second-order valence-corrected chi connectivity index (χ2v) is 7.21. The molecule has 0 spiro atoms. The largest absolute Gasteiger partial charge is 0.492 e. The molecule has 0 bridgehead atoms. The fraction of sp³-hybridized carbons (Fsp3) is 0.571. The van der Waals surface area contributed by atoms with Crippen molar-refractivity contribution in [3.05, 3.63) is 24.3 Å². The maximum Gasteiger partial charge on any atom is 0.240 e. The van der Waals surface area contributed by atoms with Crippen LogP contribution in [0.15, 0.2) is 29.2 Å². The average molecular weight is 332 g/mol. The Morgan fingerprint density at radius 3 is 2.48 bits per heavy atom. The number of ether oxygens (including phenoxy) is 1. The van der Waals surface area contributed by atoms with Crippen LogP contribution in [0.3, 0.4) is 0 Å². The summed E-state index contributed by atoms with van der Waals surface area (Å²) in [5, 5.41) is 3.24. The minimum atomic E-state index is -3.41. The van der Waals surface area contributed by atoms with Gasteiger partial charge in [-0.1, -0.05) is 6.92 Å². The van der Waals surface area contributed by atoms with Crippen LogP contribution >= 0.6 is 11.8 Å². The Morgan fingerprint density at radius 1 is 1.14 bits per heavy atom. The quantitative estimate of drug-likeness (QED) is 0.604. The summed E-state index contributed by atoms with van der Waals surface area (Å²) in [5.41, 5.74) is 0. The molecule has 1 aromatic rings. The Kier molecular flexibility index (Phi) is 8.75. The predicted molar refractivity (Wildman–Crippen MR) is 88.7 cm³/mol. The maximum absolute atomic E-state index is 12.0. The molecule has 1 rings (SSSR count). The standard InChI is InChI=1S/C14H24N2O3S2/c1-3-8-15-9-11-19-13-4-6-14(7-5-13)21(17,18)16-10-12-20-2/h4-7,15-16H,3,8-12H2,1-2H3. The van der Waals surface area contributed by atoms with E-state index in [1.54, 1.807) is 36.0 Å². The summed E-state index contributed by atoms with van der Waals surface area (Å²) >= 11 is 1.60. The summed E-state index contributed by atoms with van der Waals surface area (Å²) in [6.07, 6.45) is 3.03. The molecule has 0 heterocycles. The second kappa shape index (κ2) is 10.0. The highest BCUT2D eigenvalue weighted by Crippen LogP contribution is 2.15. The first kappa shape index (κ1) is 18.3. The topological polar surface area (TPSA) is 67.4 Å². The van der Waals surface area contributed by atoms with Crippen LogP contribution in [0.4, 0.5) is 0 Å². The Morgan fingerprint density at radius 2 is 1.86 bits per heavy atom. The van der Waals surface area contributed by atoms with Crippen LogP contribution in [0.5, 0.6) is 5.75 Å². The van der Waals surface area contributed by atoms with E-state index in [1.165, 1.54) is 0 Å². The van der Waals surface area contributed by atoms with Crippen LogP contribution in [0.1, 0.15) is 13.3 Å². The first-order valence-corrected chi connectivity index (χ1v) is 9.90. The van der Waals surface area contributed by atoms with E-state index in [2.05, 4.69) is 17.0 Å². The predicted octanol–water partition coefficient (Wildman–Crippen LogP) is 1.71. The number of hydrogen-bond acceptors (Lipinski definition) is 5. The number of sulfonamides is 1. The second-order valence-electron chi connectivity index (χ2n) is 4.46. The summed E-state index contributed by atoms with van der Waals surface area (Å²) in [6, 6.07) is 6.50. The maximum atomic E-state index is 12.0. The van der Waals surface area contributed by atoms with Crippen molar-refractivity contribution in [2.75, 3.05) is 38.2 Å². The number of hydrogen-bond donors (Lipinski definition) is 2. The Hall–Kier alpha value is -0.760. The van der Waals surface area contributed by atoms with Gasteiger partial charge in [0.1, 0.15) is 12.4 Å². The molecule has 2 N–H and O–H groups in total. The van der Waals surface area contributed by atoms with Crippen molar-refractivity contribution >= 4 is 21.8 Å². The molecule has 0 saturated carbocycles. The van der Waals surface area contributed by atoms with Gasteiger partial charge in [-0.2, -0.15) is 11.8 Å². The van der Waals surface area contributed by atoms with Gasteiger partial charge in [-0.25, -0.2) is 13.1 Å². The first-order chi connectivity index (χ1) is 10.1. The van der Waals surface area contributed by atoms with Crippen molar-refractivity contribution in [1.82, 2.24) is 10.0 Å². The highest BCUT2D eigenvalue weighted by Gasteiger charge is 2.12. The minimum absolute atomic E-state index is 0.264. The van der Waals surface area contributed by atoms with E-state index in [-0.39, 0.29) is 4.90 Å². The zero-order chi connectivity index (χ0) is 15.6. The fourth-order valence-electron chi connectivity index (χ4n) is 1.62. The van der Waals surface area contributed by atoms with E-state index in [0.29, 0.717) is 18.9 Å². The molecular formula is C14H24N2O3S2. The number of benzene rings is 1. The molecule has 0 saturated heterocycles. The molecule has 7 heteroatoms. The van der Waals surface area contributed by atoms with Crippen molar-refractivity contribution in [2.24, 2.45) is 0 Å². The Balaban J connectivity index is 2.45. The molecule has 0 amide bonds. The third kappa shape index (κ3) is 7.17. The Labute approximate surface area is 131 Å². The molecule has 5 nitrogen and oxygen atoms in total. The minimum Gasteiger partial charge on any atom is -0.492 e. The lowest BCUT2D eigenvalue weighted by atomic mass is 10.3. The summed E-state index contributed by atoms with van der Waals surface area (Å²) in [7, 11) is -3.41. The highest BCUT2D eigenvalue weighted by atomic mass is 32.2. The van der Waals surface area contributed by atoms with Crippen molar-refractivity contribution in [2.45, 2.75) is 18.2 Å². The fourth-order valence-corrected chi connectivity index (χ4v) is 3.09. The molecule has 0 aliphatic rings. The van der Waals surface area contributed by atoms with Gasteiger partial charge in [0.15, 0.2) is 0 Å². The zero-order valence-corrected chi connectivity index (χ0v) is 14.2. The molecule has 1 aromatic carbocycles. The summed E-state index contributed by atoms with van der Waals surface area (Å²) < 4.78 is 32.1. The van der Waals surface area contributed by atoms with Crippen LogP contribution in [-0.4, -0.2) is 46.7 Å². The van der Waals surface area contributed by atoms with Gasteiger partial charge in [-0.3, -0.25) is 0 Å². The van der Waals surface area contributed by atoms with Crippen molar-refractivity contribution < 1.29 is 13.2 Å². The molecule has 0 aliphatic carbocycles. The first-order valence-electron chi connectivity index (χ1n) is 7.02. The third-order valence-electron chi connectivity index (χ3n) is 2.71. The van der Waals surface area contributed by atoms with E-state index < -0.39 is 10.0 Å². The van der Waals surface area contributed by atoms with Crippen LogP contribution in [-0.2, 0) is 10.0 Å². The average Bonchev–Trinajstić information content (AvgIpc) is 2.48. The van der Waals surface area contributed by atoms with Gasteiger partial charge >= 0.3 is 0 Å². The molecule has 21 heavy (non-hydrogen) atoms. The third-order valence-corrected chi connectivity index (χ3v) is 4.80. The van der Waals surface area contributed by atoms with Gasteiger partial charge in [0, 0.05) is 18.8 Å². The molecule has 0 atom stereocenters. The zero-order valence-electron chi connectivity index (χ0n) is 12.6. The van der Waals surface area contributed by atoms with E-state index in [1.807, 2.05) is 6.26 Å². The SMILES string of the molecule is CCCNCCOc1ccc(S(=O)(=O)NCCSC)cc1. The van der Waals surface area contributed by atoms with Crippen LogP contribution in [0, 0.1) is 0 Å². The van der Waals surface area contributed by atoms with E-state index >= 15 is 0 Å². The van der Waals surface area contributed by atoms with Crippen molar-refractivity contribution in [3.8, 4) is 5.75 Å². The van der Waals surface area contributed by atoms with Crippen LogP contribution in [0.2, 0.25) is 0 Å². The molecule has 0 radical (unpaired) electrons. The lowest BCUT2D eigenvalue weighted by Gasteiger charge is -2.09. The molecule has 0 unspecified atom stereocenters. The molecule has 120 valence electrons. The van der Waals surface area contributed by atoms with Gasteiger partial charge < -0.3 is 10.1 Å². The smallest absolute Gasteiger partial charge is 0.240 e. The number of thioether (sulfide) groups is 1. The van der Waals surface area contributed by atoms with Crippen LogP contribution < -0.4 is 14.8 Å². The van der Waals surface area contributed by atoms with E-state index in [4.69, 9.17) is 4.74 Å². The van der Waals surface area contributed by atoms with Gasteiger partial charge in [0.25, 0.3) is 0 Å². The van der Waals surface area contributed by atoms with E-state index in [9.17, 15) is 8.42 Å². The van der Waals surface area contributed by atoms with Crippen molar-refractivity contribution in [1.29, 1.82) is 0 Å². The molecular weight excluding hydrogens is 308 g/mol. The molecule has 0 aliphatic heterocycles. The highest BCUT2D eigenvalue weighted by molar-refractivity contribution is 7.98. The molecule has 0 fully saturated rings. The van der Waals surface area contributed by atoms with E-state index in [0.717, 1.165) is 25.3 Å². The lowest BCUT2D eigenvalue weighted by molar-refractivity contribution is 0.314. The summed E-state index contributed by atoms with van der Waals surface area (Å²) in [5.74, 6) is 1.43. The monoisotopic (exact) mass is 332 g/mol.